The molecule has 1 aliphatic rings. The number of aryl methyl sites for hydroxylation is 1. The van der Waals surface area contributed by atoms with Crippen molar-refractivity contribution in [3.8, 4) is 5.75 Å². The van der Waals surface area contributed by atoms with Crippen LogP contribution in [0.25, 0.3) is 0 Å². The molecule has 1 amide bonds. The van der Waals surface area contributed by atoms with Gasteiger partial charge in [0, 0.05) is 25.3 Å². The molecule has 1 unspecified atom stereocenters. The number of carbonyl (C=O) groups is 1. The van der Waals surface area contributed by atoms with E-state index in [4.69, 9.17) is 15.2 Å². The number of hydrogen-bond donors (Lipinski definition) is 2. The fraction of sp³-hybridized carbons (Fsp3) is 0.588. The first kappa shape index (κ1) is 16.8. The van der Waals surface area contributed by atoms with Crippen molar-refractivity contribution >= 4 is 5.91 Å². The summed E-state index contributed by atoms with van der Waals surface area (Å²) >= 11 is 0. The monoisotopic (exact) mass is 306 g/mol. The van der Waals surface area contributed by atoms with Crippen molar-refractivity contribution in [2.75, 3.05) is 26.9 Å². The highest BCUT2D eigenvalue weighted by atomic mass is 16.5. The van der Waals surface area contributed by atoms with Crippen LogP contribution in [0.2, 0.25) is 0 Å². The van der Waals surface area contributed by atoms with Gasteiger partial charge in [-0.3, -0.25) is 4.79 Å². The zero-order valence-electron chi connectivity index (χ0n) is 13.6. The lowest BCUT2D eigenvalue weighted by Crippen LogP contribution is -2.49. The maximum Gasteiger partial charge on any atom is 0.228 e. The average Bonchev–Trinajstić information content (AvgIpc) is 2.55. The Balaban J connectivity index is 2.15. The number of nitrogens with one attached hydrogen (secondary N) is 1. The van der Waals surface area contributed by atoms with Crippen molar-refractivity contribution in [2.24, 2.45) is 11.1 Å². The summed E-state index contributed by atoms with van der Waals surface area (Å²) < 4.78 is 10.8. The second kappa shape index (κ2) is 7.11. The summed E-state index contributed by atoms with van der Waals surface area (Å²) in [6.07, 6.45) is 1.35. The molecule has 1 fully saturated rings. The molecule has 0 aromatic heterocycles. The Bertz CT molecular complexity index is 525. The number of benzene rings is 1. The molecular formula is C17H26N2O3. The lowest BCUT2D eigenvalue weighted by atomic mass is 9.79. The van der Waals surface area contributed by atoms with E-state index in [2.05, 4.69) is 5.32 Å². The van der Waals surface area contributed by atoms with Gasteiger partial charge in [0.25, 0.3) is 0 Å². The van der Waals surface area contributed by atoms with Crippen molar-refractivity contribution < 1.29 is 14.3 Å². The van der Waals surface area contributed by atoms with Gasteiger partial charge in [-0.2, -0.15) is 0 Å². The molecule has 1 saturated heterocycles. The molecule has 22 heavy (non-hydrogen) atoms. The summed E-state index contributed by atoms with van der Waals surface area (Å²) in [6.45, 7) is 5.52. The van der Waals surface area contributed by atoms with Gasteiger partial charge in [-0.15, -0.1) is 0 Å². The third kappa shape index (κ3) is 3.42. The highest BCUT2D eigenvalue weighted by molar-refractivity contribution is 5.83. The smallest absolute Gasteiger partial charge is 0.228 e. The summed E-state index contributed by atoms with van der Waals surface area (Å²) in [5.41, 5.74) is 7.50. The summed E-state index contributed by atoms with van der Waals surface area (Å²) in [6, 6.07) is 5.84. The molecular weight excluding hydrogens is 280 g/mol. The van der Waals surface area contributed by atoms with Gasteiger partial charge >= 0.3 is 0 Å². The largest absolute Gasteiger partial charge is 0.496 e. The van der Waals surface area contributed by atoms with Gasteiger partial charge in [-0.1, -0.05) is 17.7 Å². The Kier molecular flexibility index (Phi) is 5.42. The first-order valence-corrected chi connectivity index (χ1v) is 7.76. The van der Waals surface area contributed by atoms with Crippen molar-refractivity contribution in [1.29, 1.82) is 0 Å². The molecule has 122 valence electrons. The molecule has 5 nitrogen and oxygen atoms in total. The van der Waals surface area contributed by atoms with E-state index in [1.54, 1.807) is 7.11 Å². The van der Waals surface area contributed by atoms with Gasteiger partial charge in [0.2, 0.25) is 5.91 Å². The van der Waals surface area contributed by atoms with E-state index >= 15 is 0 Å². The van der Waals surface area contributed by atoms with Crippen molar-refractivity contribution in [1.82, 2.24) is 5.32 Å². The van der Waals surface area contributed by atoms with Crippen LogP contribution in [0.5, 0.6) is 5.75 Å². The average molecular weight is 306 g/mol. The third-order valence-corrected chi connectivity index (χ3v) is 4.52. The van der Waals surface area contributed by atoms with E-state index in [1.807, 2.05) is 32.0 Å². The molecule has 3 N–H and O–H groups in total. The van der Waals surface area contributed by atoms with Gasteiger partial charge in [-0.25, -0.2) is 0 Å². The summed E-state index contributed by atoms with van der Waals surface area (Å²) in [4.78, 5) is 12.7. The molecule has 0 radical (unpaired) electrons. The molecule has 5 heteroatoms. The minimum atomic E-state index is -0.510. The first-order valence-electron chi connectivity index (χ1n) is 7.76. The second-order valence-corrected chi connectivity index (χ2v) is 6.04. The van der Waals surface area contributed by atoms with Gasteiger partial charge in [0.15, 0.2) is 0 Å². The van der Waals surface area contributed by atoms with Gasteiger partial charge < -0.3 is 20.5 Å². The maximum absolute atomic E-state index is 12.7. The van der Waals surface area contributed by atoms with Crippen LogP contribution in [0.15, 0.2) is 18.2 Å². The van der Waals surface area contributed by atoms with Crippen LogP contribution < -0.4 is 15.8 Å². The molecule has 0 spiro atoms. The topological polar surface area (TPSA) is 73.6 Å². The van der Waals surface area contributed by atoms with E-state index in [-0.39, 0.29) is 11.9 Å². The van der Waals surface area contributed by atoms with Gasteiger partial charge in [0.05, 0.1) is 18.6 Å². The molecule has 0 aliphatic carbocycles. The lowest BCUT2D eigenvalue weighted by Gasteiger charge is -2.35. The quantitative estimate of drug-likeness (QED) is 0.872. The first-order chi connectivity index (χ1) is 10.5. The Morgan fingerprint density at radius 3 is 2.73 bits per heavy atom. The molecule has 1 aromatic rings. The maximum atomic E-state index is 12.7. The fourth-order valence-electron chi connectivity index (χ4n) is 2.91. The van der Waals surface area contributed by atoms with Crippen LogP contribution in [0, 0.1) is 12.3 Å². The zero-order chi connectivity index (χ0) is 16.2. The Labute approximate surface area is 132 Å². The zero-order valence-corrected chi connectivity index (χ0v) is 13.6. The lowest BCUT2D eigenvalue weighted by molar-refractivity contribution is -0.136. The Hall–Kier alpha value is -1.59. The molecule has 2 rings (SSSR count). The van der Waals surface area contributed by atoms with E-state index in [9.17, 15) is 4.79 Å². The number of nitrogens with two attached hydrogens (primary N) is 1. The predicted octanol–water partition coefficient (Wildman–Crippen LogP) is 1.94. The minimum Gasteiger partial charge on any atom is -0.496 e. The van der Waals surface area contributed by atoms with E-state index < -0.39 is 5.41 Å². The molecule has 1 aliphatic heterocycles. The van der Waals surface area contributed by atoms with Crippen molar-refractivity contribution in [2.45, 2.75) is 32.7 Å². The standard InChI is InChI=1S/C17H26N2O3/c1-12-4-5-15(21-3)14(10-12)13(2)19-16(20)17(11-18)6-8-22-9-7-17/h4-5,10,13H,6-9,11,18H2,1-3H3,(H,19,20). The number of ether oxygens (including phenoxy) is 2. The molecule has 0 bridgehead atoms. The molecule has 0 saturated carbocycles. The Morgan fingerprint density at radius 1 is 1.45 bits per heavy atom. The minimum absolute atomic E-state index is 0.00867. The number of carbonyl (C=O) groups excluding carboxylic acids is 1. The van der Waals surface area contributed by atoms with Crippen molar-refractivity contribution in [3.05, 3.63) is 29.3 Å². The van der Waals surface area contributed by atoms with E-state index in [1.165, 1.54) is 0 Å². The van der Waals surface area contributed by atoms with Crippen LogP contribution in [0.4, 0.5) is 0 Å². The second-order valence-electron chi connectivity index (χ2n) is 6.04. The van der Waals surface area contributed by atoms with Crippen LogP contribution in [-0.2, 0) is 9.53 Å². The predicted molar refractivity (Wildman–Crippen MR) is 85.8 cm³/mol. The van der Waals surface area contributed by atoms with Crippen LogP contribution in [0.3, 0.4) is 0 Å². The Morgan fingerprint density at radius 2 is 2.14 bits per heavy atom. The summed E-state index contributed by atoms with van der Waals surface area (Å²) in [5.74, 6) is 0.793. The van der Waals surface area contributed by atoms with Gasteiger partial charge in [-0.05, 0) is 32.8 Å². The van der Waals surface area contributed by atoms with Crippen LogP contribution in [-0.4, -0.2) is 32.8 Å². The number of rotatable bonds is 5. The van der Waals surface area contributed by atoms with Gasteiger partial charge in [0.1, 0.15) is 5.75 Å². The fourth-order valence-corrected chi connectivity index (χ4v) is 2.91. The highest BCUT2D eigenvalue weighted by Crippen LogP contribution is 2.32. The molecule has 1 atom stereocenters. The SMILES string of the molecule is COc1ccc(C)cc1C(C)NC(=O)C1(CN)CCOCC1. The number of methoxy groups -OCH3 is 1. The summed E-state index contributed by atoms with van der Waals surface area (Å²) in [5, 5.41) is 3.11. The number of hydrogen-bond acceptors (Lipinski definition) is 4. The van der Waals surface area contributed by atoms with Crippen molar-refractivity contribution in [3.63, 3.8) is 0 Å². The summed E-state index contributed by atoms with van der Waals surface area (Å²) in [7, 11) is 1.64. The normalized spacial score (nSPS) is 18.5. The highest BCUT2D eigenvalue weighted by Gasteiger charge is 2.39. The molecule has 1 aromatic carbocycles. The number of amides is 1. The molecule has 1 heterocycles. The van der Waals surface area contributed by atoms with E-state index in [0.717, 1.165) is 16.9 Å². The third-order valence-electron chi connectivity index (χ3n) is 4.52. The van der Waals surface area contributed by atoms with Crippen LogP contribution >= 0.6 is 0 Å². The van der Waals surface area contributed by atoms with E-state index in [0.29, 0.717) is 32.6 Å². The van der Waals surface area contributed by atoms with Crippen LogP contribution in [0.1, 0.15) is 36.9 Å².